The number of nitrogens with one attached hydrogen (secondary N) is 1. The SMILES string of the molecule is O=C(O)[C@H]1[C@H]2CC[C@H](C2)N1C(=O)NC1CCCCC1. The smallest absolute Gasteiger partial charge is 0.326 e. The van der Waals surface area contributed by atoms with Crippen LogP contribution in [0.25, 0.3) is 0 Å². The first-order valence-electron chi connectivity index (χ1n) is 7.48. The fourth-order valence-corrected chi connectivity index (χ4v) is 4.09. The highest BCUT2D eigenvalue weighted by atomic mass is 16.4. The number of nitrogens with zero attached hydrogens (tertiary/aromatic N) is 1. The van der Waals surface area contributed by atoms with Crippen molar-refractivity contribution >= 4 is 12.0 Å². The Morgan fingerprint density at radius 3 is 2.47 bits per heavy atom. The Hall–Kier alpha value is -1.26. The molecule has 2 amide bonds. The highest BCUT2D eigenvalue weighted by molar-refractivity contribution is 5.84. The minimum Gasteiger partial charge on any atom is -0.480 e. The van der Waals surface area contributed by atoms with Crippen molar-refractivity contribution in [3.05, 3.63) is 0 Å². The number of urea groups is 1. The maximum absolute atomic E-state index is 12.4. The van der Waals surface area contributed by atoms with Crippen molar-refractivity contribution in [1.29, 1.82) is 0 Å². The molecule has 3 rings (SSSR count). The molecule has 2 aliphatic carbocycles. The molecule has 2 saturated carbocycles. The molecular formula is C14H22N2O3. The van der Waals surface area contributed by atoms with Crippen molar-refractivity contribution < 1.29 is 14.7 Å². The van der Waals surface area contributed by atoms with Crippen LogP contribution in [0.4, 0.5) is 4.79 Å². The number of carbonyl (C=O) groups is 2. The van der Waals surface area contributed by atoms with Crippen LogP contribution in [-0.4, -0.2) is 40.1 Å². The Bertz CT molecular complexity index is 379. The summed E-state index contributed by atoms with van der Waals surface area (Å²) >= 11 is 0. The van der Waals surface area contributed by atoms with Gasteiger partial charge in [0, 0.05) is 12.1 Å². The minimum absolute atomic E-state index is 0.147. The zero-order valence-electron chi connectivity index (χ0n) is 11.2. The van der Waals surface area contributed by atoms with E-state index in [1.807, 2.05) is 0 Å². The van der Waals surface area contributed by atoms with Gasteiger partial charge in [-0.3, -0.25) is 0 Å². The lowest BCUT2D eigenvalue weighted by Gasteiger charge is -2.34. The van der Waals surface area contributed by atoms with E-state index in [1.54, 1.807) is 4.90 Å². The first-order chi connectivity index (χ1) is 9.16. The van der Waals surface area contributed by atoms with Crippen LogP contribution < -0.4 is 5.32 Å². The minimum atomic E-state index is -0.842. The van der Waals surface area contributed by atoms with Gasteiger partial charge in [0.2, 0.25) is 0 Å². The maximum Gasteiger partial charge on any atom is 0.326 e. The predicted octanol–water partition coefficient (Wildman–Crippen LogP) is 1.97. The summed E-state index contributed by atoms with van der Waals surface area (Å²) in [7, 11) is 0. The quantitative estimate of drug-likeness (QED) is 0.802. The van der Waals surface area contributed by atoms with Gasteiger partial charge in [0.25, 0.3) is 0 Å². The van der Waals surface area contributed by atoms with Crippen LogP contribution in [-0.2, 0) is 4.79 Å². The molecule has 1 heterocycles. The van der Waals surface area contributed by atoms with Gasteiger partial charge in [-0.25, -0.2) is 9.59 Å². The van der Waals surface area contributed by atoms with E-state index in [0.717, 1.165) is 32.1 Å². The average Bonchev–Trinajstić information content (AvgIpc) is 2.99. The van der Waals surface area contributed by atoms with Crippen molar-refractivity contribution in [3.8, 4) is 0 Å². The summed E-state index contributed by atoms with van der Waals surface area (Å²) in [5, 5.41) is 12.4. The van der Waals surface area contributed by atoms with Crippen LogP contribution >= 0.6 is 0 Å². The number of hydrogen-bond acceptors (Lipinski definition) is 2. The van der Waals surface area contributed by atoms with Crippen LogP contribution in [0.5, 0.6) is 0 Å². The number of fused-ring (bicyclic) bond motifs is 2. The van der Waals surface area contributed by atoms with E-state index in [9.17, 15) is 14.7 Å². The van der Waals surface area contributed by atoms with Crippen molar-refractivity contribution in [1.82, 2.24) is 10.2 Å². The zero-order valence-corrected chi connectivity index (χ0v) is 11.2. The highest BCUT2D eigenvalue weighted by Gasteiger charge is 2.51. The van der Waals surface area contributed by atoms with Gasteiger partial charge in [-0.05, 0) is 38.0 Å². The molecule has 106 valence electrons. The molecule has 5 nitrogen and oxygen atoms in total. The van der Waals surface area contributed by atoms with Crippen LogP contribution in [0.1, 0.15) is 51.4 Å². The summed E-state index contributed by atoms with van der Waals surface area (Å²) in [5.74, 6) is -0.675. The van der Waals surface area contributed by atoms with Crippen molar-refractivity contribution in [2.24, 2.45) is 5.92 Å². The van der Waals surface area contributed by atoms with Gasteiger partial charge in [0.05, 0.1) is 0 Å². The lowest BCUT2D eigenvalue weighted by atomic mass is 9.95. The Kier molecular flexibility index (Phi) is 3.37. The number of carbonyl (C=O) groups excluding carboxylic acids is 1. The van der Waals surface area contributed by atoms with Gasteiger partial charge >= 0.3 is 12.0 Å². The lowest BCUT2D eigenvalue weighted by molar-refractivity contribution is -0.143. The van der Waals surface area contributed by atoms with Crippen LogP contribution in [0.2, 0.25) is 0 Å². The molecule has 3 fully saturated rings. The second-order valence-electron chi connectivity index (χ2n) is 6.20. The molecule has 0 aromatic rings. The normalized spacial score (nSPS) is 34.5. The molecule has 0 radical (unpaired) electrons. The molecule has 1 saturated heterocycles. The molecule has 3 aliphatic rings. The topological polar surface area (TPSA) is 69.6 Å². The third-order valence-electron chi connectivity index (χ3n) is 5.01. The van der Waals surface area contributed by atoms with E-state index >= 15 is 0 Å². The van der Waals surface area contributed by atoms with Crippen LogP contribution in [0.3, 0.4) is 0 Å². The molecule has 3 atom stereocenters. The number of rotatable bonds is 2. The lowest BCUT2D eigenvalue weighted by Crippen LogP contribution is -2.54. The average molecular weight is 266 g/mol. The highest BCUT2D eigenvalue weighted by Crippen LogP contribution is 2.42. The van der Waals surface area contributed by atoms with Crippen molar-refractivity contribution in [2.75, 3.05) is 0 Å². The predicted molar refractivity (Wildman–Crippen MR) is 69.8 cm³/mol. The number of aliphatic carboxylic acids is 1. The third-order valence-corrected chi connectivity index (χ3v) is 5.01. The number of piperidine rings is 1. The molecule has 2 N–H and O–H groups in total. The van der Waals surface area contributed by atoms with E-state index < -0.39 is 12.0 Å². The van der Waals surface area contributed by atoms with E-state index in [1.165, 1.54) is 19.3 Å². The summed E-state index contributed by atoms with van der Waals surface area (Å²) in [6.07, 6.45) is 8.44. The number of hydrogen-bond donors (Lipinski definition) is 2. The summed E-state index contributed by atoms with van der Waals surface area (Å²) in [5.41, 5.74) is 0. The molecule has 0 aromatic heterocycles. The molecule has 0 spiro atoms. The van der Waals surface area contributed by atoms with Crippen LogP contribution in [0, 0.1) is 5.92 Å². The van der Waals surface area contributed by atoms with Gasteiger partial charge in [0.15, 0.2) is 0 Å². The Morgan fingerprint density at radius 2 is 1.79 bits per heavy atom. The molecule has 2 bridgehead atoms. The fraction of sp³-hybridized carbons (Fsp3) is 0.857. The second kappa shape index (κ2) is 5.02. The molecule has 0 aromatic carbocycles. The summed E-state index contributed by atoms with van der Waals surface area (Å²) in [4.78, 5) is 25.4. The number of amides is 2. The van der Waals surface area contributed by atoms with Crippen LogP contribution in [0.15, 0.2) is 0 Å². The van der Waals surface area contributed by atoms with Gasteiger partial charge < -0.3 is 15.3 Å². The molecule has 0 unspecified atom stereocenters. The largest absolute Gasteiger partial charge is 0.480 e. The van der Waals surface area contributed by atoms with E-state index in [0.29, 0.717) is 0 Å². The molecule has 1 aliphatic heterocycles. The van der Waals surface area contributed by atoms with Gasteiger partial charge in [-0.1, -0.05) is 19.3 Å². The Labute approximate surface area is 113 Å². The Balaban J connectivity index is 1.66. The second-order valence-corrected chi connectivity index (χ2v) is 6.20. The molecular weight excluding hydrogens is 244 g/mol. The first kappa shape index (κ1) is 12.8. The molecule has 5 heteroatoms. The monoisotopic (exact) mass is 266 g/mol. The van der Waals surface area contributed by atoms with E-state index in [2.05, 4.69) is 5.32 Å². The van der Waals surface area contributed by atoms with E-state index in [-0.39, 0.29) is 24.0 Å². The fourth-order valence-electron chi connectivity index (χ4n) is 4.09. The maximum atomic E-state index is 12.4. The number of carboxylic acid groups (broad SMARTS) is 1. The van der Waals surface area contributed by atoms with Gasteiger partial charge in [-0.15, -0.1) is 0 Å². The van der Waals surface area contributed by atoms with Crippen molar-refractivity contribution in [2.45, 2.75) is 69.5 Å². The summed E-state index contributed by atoms with van der Waals surface area (Å²) < 4.78 is 0. The van der Waals surface area contributed by atoms with E-state index in [4.69, 9.17) is 0 Å². The van der Waals surface area contributed by atoms with Crippen molar-refractivity contribution in [3.63, 3.8) is 0 Å². The number of likely N-dealkylation sites (tertiary alicyclic amines) is 1. The van der Waals surface area contributed by atoms with Gasteiger partial charge in [-0.2, -0.15) is 0 Å². The third kappa shape index (κ3) is 2.30. The standard InChI is InChI=1S/C14H22N2O3/c17-13(18)12-9-6-7-11(8-9)16(12)14(19)15-10-4-2-1-3-5-10/h9-12H,1-8H2,(H,15,19)(H,17,18)/t9-,11+,12+/m0/s1. The number of carboxylic acids is 1. The Morgan fingerprint density at radius 1 is 1.05 bits per heavy atom. The summed E-state index contributed by atoms with van der Waals surface area (Å²) in [6.45, 7) is 0. The zero-order chi connectivity index (χ0) is 13.4. The van der Waals surface area contributed by atoms with Gasteiger partial charge in [0.1, 0.15) is 6.04 Å². The summed E-state index contributed by atoms with van der Waals surface area (Å²) in [6, 6.07) is -0.349. The first-order valence-corrected chi connectivity index (χ1v) is 7.48. The molecule has 19 heavy (non-hydrogen) atoms.